The summed E-state index contributed by atoms with van der Waals surface area (Å²) in [4.78, 5) is 18.4. The van der Waals surface area contributed by atoms with Gasteiger partial charge in [0.1, 0.15) is 10.7 Å². The third kappa shape index (κ3) is 6.75. The Bertz CT molecular complexity index is 609. The molecule has 1 atom stereocenters. The first-order valence-electron chi connectivity index (χ1n) is 7.27. The number of nitrogens with two attached hydrogens (primary N) is 1. The van der Waals surface area contributed by atoms with Gasteiger partial charge in [0.25, 0.3) is 5.91 Å². The van der Waals surface area contributed by atoms with Crippen molar-refractivity contribution >= 4 is 42.1 Å². The summed E-state index contributed by atoms with van der Waals surface area (Å²) >= 11 is 1.41. The maximum Gasteiger partial charge on any atom is 0.270 e. The van der Waals surface area contributed by atoms with Crippen LogP contribution in [-0.4, -0.2) is 35.4 Å². The molecule has 1 aromatic carbocycles. The highest BCUT2D eigenvalue weighted by Crippen LogP contribution is 2.09. The van der Waals surface area contributed by atoms with E-state index in [-0.39, 0.29) is 36.8 Å². The number of thiazole rings is 1. The van der Waals surface area contributed by atoms with Gasteiger partial charge in [-0.2, -0.15) is 0 Å². The Morgan fingerprint density at radius 1 is 1.33 bits per heavy atom. The molecule has 0 saturated carbocycles. The lowest BCUT2D eigenvalue weighted by atomic mass is 10.2. The number of nitrogens with zero attached hydrogens (tertiary/aromatic N) is 2. The summed E-state index contributed by atoms with van der Waals surface area (Å²) in [5.41, 5.74) is 7.22. The van der Waals surface area contributed by atoms with E-state index >= 15 is 0 Å². The molecule has 1 aromatic heterocycles. The molecule has 2 aromatic rings. The lowest BCUT2D eigenvalue weighted by Gasteiger charge is -2.24. The molecule has 0 aliphatic heterocycles. The van der Waals surface area contributed by atoms with E-state index in [1.165, 1.54) is 16.9 Å². The molecule has 0 saturated heterocycles. The Labute approximate surface area is 159 Å². The van der Waals surface area contributed by atoms with Gasteiger partial charge in [0.2, 0.25) is 0 Å². The van der Waals surface area contributed by atoms with Crippen molar-refractivity contribution in [1.29, 1.82) is 0 Å². The van der Waals surface area contributed by atoms with Gasteiger partial charge in [0, 0.05) is 31.1 Å². The van der Waals surface area contributed by atoms with Gasteiger partial charge in [-0.3, -0.25) is 9.69 Å². The zero-order valence-electron chi connectivity index (χ0n) is 13.8. The number of rotatable bonds is 7. The van der Waals surface area contributed by atoms with E-state index < -0.39 is 0 Å². The summed E-state index contributed by atoms with van der Waals surface area (Å²) in [7, 11) is 2.05. The van der Waals surface area contributed by atoms with Crippen LogP contribution in [0, 0.1) is 0 Å². The van der Waals surface area contributed by atoms with Crippen LogP contribution in [0.5, 0.6) is 0 Å². The number of amides is 1. The summed E-state index contributed by atoms with van der Waals surface area (Å²) < 4.78 is 0. The van der Waals surface area contributed by atoms with Crippen LogP contribution in [0.4, 0.5) is 0 Å². The highest BCUT2D eigenvalue weighted by atomic mass is 35.5. The number of hydrogen-bond donors (Lipinski definition) is 2. The van der Waals surface area contributed by atoms with Gasteiger partial charge in [0.05, 0.1) is 0 Å². The van der Waals surface area contributed by atoms with E-state index in [4.69, 9.17) is 5.73 Å². The number of carbonyl (C=O) groups is 1. The molecule has 1 heterocycles. The van der Waals surface area contributed by atoms with Crippen LogP contribution in [0.3, 0.4) is 0 Å². The van der Waals surface area contributed by atoms with Crippen molar-refractivity contribution in [1.82, 2.24) is 15.2 Å². The van der Waals surface area contributed by atoms with Crippen molar-refractivity contribution in [3.05, 3.63) is 52.0 Å². The lowest BCUT2D eigenvalue weighted by Crippen LogP contribution is -2.39. The van der Waals surface area contributed by atoms with Gasteiger partial charge in [0.15, 0.2) is 0 Å². The fourth-order valence-corrected chi connectivity index (χ4v) is 2.68. The Balaban J connectivity index is 0.00000264. The molecule has 1 amide bonds. The van der Waals surface area contributed by atoms with E-state index in [1.54, 1.807) is 5.38 Å². The number of halogens is 2. The van der Waals surface area contributed by atoms with E-state index in [0.29, 0.717) is 18.8 Å². The number of nitrogens with one attached hydrogen (secondary N) is 1. The first kappa shape index (κ1) is 22.8. The molecule has 134 valence electrons. The summed E-state index contributed by atoms with van der Waals surface area (Å²) in [6, 6.07) is 10.5. The maximum absolute atomic E-state index is 12.0. The fourth-order valence-electron chi connectivity index (χ4n) is 2.02. The highest BCUT2D eigenvalue weighted by molar-refractivity contribution is 7.09. The van der Waals surface area contributed by atoms with Crippen molar-refractivity contribution in [2.75, 3.05) is 13.6 Å². The molecular weight excluding hydrogens is 367 g/mol. The quantitative estimate of drug-likeness (QED) is 0.762. The first-order chi connectivity index (χ1) is 10.6. The number of likely N-dealkylation sites (N-methyl/N-ethyl adjacent to an activating group) is 1. The van der Waals surface area contributed by atoms with Crippen LogP contribution in [-0.2, 0) is 13.1 Å². The number of hydrogen-bond acceptors (Lipinski definition) is 5. The molecule has 24 heavy (non-hydrogen) atoms. The molecule has 1 unspecified atom stereocenters. The highest BCUT2D eigenvalue weighted by Gasteiger charge is 2.14. The van der Waals surface area contributed by atoms with E-state index in [0.717, 1.165) is 11.6 Å². The second-order valence-electron chi connectivity index (χ2n) is 5.29. The van der Waals surface area contributed by atoms with Crippen molar-refractivity contribution < 1.29 is 4.79 Å². The zero-order chi connectivity index (χ0) is 15.9. The third-order valence-corrected chi connectivity index (χ3v) is 4.42. The van der Waals surface area contributed by atoms with Crippen molar-refractivity contribution in [2.45, 2.75) is 26.1 Å². The molecule has 5 nitrogen and oxygen atoms in total. The standard InChI is InChI=1S/C16H22N4OS.2ClH/c1-12(20(2)10-13-6-4-3-5-7-13)9-18-16(21)14-11-22-15(8-17)19-14;;/h3-7,11-12H,8-10,17H2,1-2H3,(H,18,21);2*1H. The van der Waals surface area contributed by atoms with Crippen LogP contribution in [0.1, 0.15) is 28.0 Å². The molecule has 0 spiro atoms. The van der Waals surface area contributed by atoms with Gasteiger partial charge >= 0.3 is 0 Å². The molecule has 0 aliphatic rings. The van der Waals surface area contributed by atoms with Crippen molar-refractivity contribution in [3.8, 4) is 0 Å². The second kappa shape index (κ2) is 11.4. The average molecular weight is 391 g/mol. The SMILES string of the molecule is CC(CNC(=O)c1csc(CN)n1)N(C)Cc1ccccc1.Cl.Cl. The van der Waals surface area contributed by atoms with E-state index in [9.17, 15) is 4.79 Å². The molecule has 3 N–H and O–H groups in total. The van der Waals surface area contributed by atoms with Gasteiger partial charge in [-0.1, -0.05) is 30.3 Å². The van der Waals surface area contributed by atoms with Gasteiger partial charge in [-0.05, 0) is 19.5 Å². The van der Waals surface area contributed by atoms with Gasteiger partial charge in [-0.15, -0.1) is 36.2 Å². The van der Waals surface area contributed by atoms with Gasteiger partial charge in [-0.25, -0.2) is 4.98 Å². The predicted octanol–water partition coefficient (Wildman–Crippen LogP) is 2.70. The van der Waals surface area contributed by atoms with Crippen LogP contribution in [0.15, 0.2) is 35.7 Å². The summed E-state index contributed by atoms with van der Waals surface area (Å²) in [5, 5.41) is 5.45. The second-order valence-corrected chi connectivity index (χ2v) is 6.23. The predicted molar refractivity (Wildman–Crippen MR) is 104 cm³/mol. The largest absolute Gasteiger partial charge is 0.349 e. The minimum Gasteiger partial charge on any atom is -0.349 e. The summed E-state index contributed by atoms with van der Waals surface area (Å²) in [6.07, 6.45) is 0. The van der Waals surface area contributed by atoms with Crippen LogP contribution in [0.2, 0.25) is 0 Å². The topological polar surface area (TPSA) is 71.2 Å². The minimum absolute atomic E-state index is 0. The van der Waals surface area contributed by atoms with Crippen LogP contribution in [0.25, 0.3) is 0 Å². The van der Waals surface area contributed by atoms with E-state index in [1.807, 2.05) is 18.2 Å². The van der Waals surface area contributed by atoms with E-state index in [2.05, 4.69) is 41.3 Å². The lowest BCUT2D eigenvalue weighted by molar-refractivity contribution is 0.0935. The molecular formula is C16H24Cl2N4OS. The fraction of sp³-hybridized carbons (Fsp3) is 0.375. The summed E-state index contributed by atoms with van der Waals surface area (Å²) in [5.74, 6) is -0.143. The van der Waals surface area contributed by atoms with Crippen LogP contribution >= 0.6 is 36.2 Å². The minimum atomic E-state index is -0.143. The maximum atomic E-state index is 12.0. The Hall–Kier alpha value is -1.18. The summed E-state index contributed by atoms with van der Waals surface area (Å²) in [6.45, 7) is 3.90. The molecule has 0 aliphatic carbocycles. The van der Waals surface area contributed by atoms with Gasteiger partial charge < -0.3 is 11.1 Å². The van der Waals surface area contributed by atoms with Crippen molar-refractivity contribution in [2.24, 2.45) is 5.73 Å². The molecule has 0 radical (unpaired) electrons. The molecule has 0 fully saturated rings. The number of benzene rings is 1. The normalized spacial score (nSPS) is 11.3. The molecule has 8 heteroatoms. The average Bonchev–Trinajstić information content (AvgIpc) is 3.02. The Morgan fingerprint density at radius 2 is 2.00 bits per heavy atom. The Morgan fingerprint density at radius 3 is 2.58 bits per heavy atom. The zero-order valence-corrected chi connectivity index (χ0v) is 16.2. The molecule has 2 rings (SSSR count). The third-order valence-electron chi connectivity index (χ3n) is 3.54. The number of aromatic nitrogens is 1. The smallest absolute Gasteiger partial charge is 0.270 e. The Kier molecular flexibility index (Phi) is 10.8. The number of carbonyl (C=O) groups excluding carboxylic acids is 1. The van der Waals surface area contributed by atoms with Crippen LogP contribution < -0.4 is 11.1 Å². The first-order valence-corrected chi connectivity index (χ1v) is 8.15. The monoisotopic (exact) mass is 390 g/mol. The molecule has 0 bridgehead atoms. The van der Waals surface area contributed by atoms with Crippen molar-refractivity contribution in [3.63, 3.8) is 0 Å².